The molecule has 6 atom stereocenters. The average molecular weight is 654 g/mol. The van der Waals surface area contributed by atoms with Gasteiger partial charge in [-0.25, -0.2) is 0 Å². The van der Waals surface area contributed by atoms with Gasteiger partial charge in [-0.1, -0.05) is 45.0 Å². The van der Waals surface area contributed by atoms with Crippen LogP contribution in [0, 0.1) is 11.3 Å². The third kappa shape index (κ3) is 5.86. The third-order valence-electron chi connectivity index (χ3n) is 10.7. The smallest absolute Gasteiger partial charge is 0.306 e. The molecule has 254 valence electrons. The summed E-state index contributed by atoms with van der Waals surface area (Å²) < 4.78 is 29.1. The van der Waals surface area contributed by atoms with Crippen molar-refractivity contribution in [3.05, 3.63) is 81.9 Å². The number of nitrogens with zero attached hydrogens (tertiary/aromatic N) is 3. The van der Waals surface area contributed by atoms with E-state index in [1.165, 1.54) is 16.7 Å². The molecule has 3 aliphatic rings. The van der Waals surface area contributed by atoms with Crippen molar-refractivity contribution in [3.8, 4) is 29.1 Å². The van der Waals surface area contributed by atoms with Gasteiger partial charge in [0.2, 0.25) is 0 Å². The Bertz CT molecular complexity index is 1680. The molecule has 1 fully saturated rings. The molecule has 3 aromatic carbocycles. The molecular weight excluding hydrogens is 606 g/mol. The Kier molecular flexibility index (Phi) is 9.86. The Morgan fingerprint density at radius 2 is 1.42 bits per heavy atom. The summed E-state index contributed by atoms with van der Waals surface area (Å²) in [6, 6.07) is 18.4. The maximum Gasteiger partial charge on any atom is 0.306 e. The van der Waals surface area contributed by atoms with E-state index in [1.54, 1.807) is 28.4 Å². The normalized spacial score (nSPS) is 23.5. The van der Waals surface area contributed by atoms with E-state index in [4.69, 9.17) is 23.7 Å². The Labute approximate surface area is 284 Å². The molecule has 1 unspecified atom stereocenters. The quantitative estimate of drug-likeness (QED) is 0.225. The fraction of sp³-hybridized carbons (Fsp3) is 0.487. The van der Waals surface area contributed by atoms with Crippen molar-refractivity contribution >= 4 is 5.97 Å². The van der Waals surface area contributed by atoms with Gasteiger partial charge < -0.3 is 23.7 Å². The number of piperazine rings is 1. The number of fused-ring (bicyclic) bond motifs is 7. The molecule has 0 spiro atoms. The zero-order chi connectivity index (χ0) is 34.1. The van der Waals surface area contributed by atoms with E-state index in [2.05, 4.69) is 73.0 Å². The standard InChI is InChI=1S/C39H47N3O6/c1-8-24-10-12-25(13-11-24)23(3)14-38(43)48-22-33-28-19-36(46-6)34(44-4)17-26(28)16-31-39-29-20-37(47-7)35(45-5)18-27(29)15-30(41(39)9-2)32(21-40)42(31)33/h10-13,17-20,23,30-33,39H,8-9,14-16,22H2,1-7H3/t23?,30-,31-,32-,33-,39+/m0/s1. The predicted octanol–water partition coefficient (Wildman–Crippen LogP) is 6.18. The van der Waals surface area contributed by atoms with E-state index < -0.39 is 6.04 Å². The number of methoxy groups -OCH3 is 4. The molecule has 3 heterocycles. The number of esters is 1. The second-order valence-corrected chi connectivity index (χ2v) is 13.1. The number of benzene rings is 3. The monoisotopic (exact) mass is 653 g/mol. The Morgan fingerprint density at radius 3 is 1.98 bits per heavy atom. The van der Waals surface area contributed by atoms with Crippen LogP contribution in [0.3, 0.4) is 0 Å². The number of nitriles is 1. The van der Waals surface area contributed by atoms with Crippen molar-refractivity contribution in [1.29, 1.82) is 5.26 Å². The lowest BCUT2D eigenvalue weighted by atomic mass is 9.72. The highest BCUT2D eigenvalue weighted by Crippen LogP contribution is 2.52. The molecule has 48 heavy (non-hydrogen) atoms. The van der Waals surface area contributed by atoms with Crippen LogP contribution in [-0.4, -0.2) is 75.5 Å². The van der Waals surface area contributed by atoms with E-state index in [-0.39, 0.29) is 49.1 Å². The van der Waals surface area contributed by atoms with Crippen LogP contribution in [0.2, 0.25) is 0 Å². The van der Waals surface area contributed by atoms with Gasteiger partial charge in [-0.05, 0) is 89.4 Å². The van der Waals surface area contributed by atoms with Crippen LogP contribution in [0.15, 0.2) is 48.5 Å². The lowest BCUT2D eigenvalue weighted by molar-refractivity contribution is -0.149. The molecule has 3 aliphatic heterocycles. The predicted molar refractivity (Wildman–Crippen MR) is 183 cm³/mol. The van der Waals surface area contributed by atoms with E-state index in [1.807, 2.05) is 12.1 Å². The van der Waals surface area contributed by atoms with Crippen LogP contribution < -0.4 is 18.9 Å². The first-order valence-corrected chi connectivity index (χ1v) is 17.0. The number of hydrogen-bond acceptors (Lipinski definition) is 9. The lowest BCUT2D eigenvalue weighted by Crippen LogP contribution is -2.69. The van der Waals surface area contributed by atoms with E-state index in [9.17, 15) is 10.1 Å². The van der Waals surface area contributed by atoms with Gasteiger partial charge >= 0.3 is 5.97 Å². The van der Waals surface area contributed by atoms with Gasteiger partial charge in [0.25, 0.3) is 0 Å². The topological polar surface area (TPSA) is 93.5 Å². The van der Waals surface area contributed by atoms with E-state index >= 15 is 0 Å². The van der Waals surface area contributed by atoms with Crippen LogP contribution in [-0.2, 0) is 28.8 Å². The highest BCUT2D eigenvalue weighted by atomic mass is 16.5. The summed E-state index contributed by atoms with van der Waals surface area (Å²) in [5.41, 5.74) is 6.83. The van der Waals surface area contributed by atoms with Crippen LogP contribution in [0.4, 0.5) is 0 Å². The van der Waals surface area contributed by atoms with Crippen LogP contribution >= 0.6 is 0 Å². The first-order valence-electron chi connectivity index (χ1n) is 17.0. The summed E-state index contributed by atoms with van der Waals surface area (Å²) in [5, 5.41) is 10.9. The van der Waals surface area contributed by atoms with Crippen molar-refractivity contribution in [2.75, 3.05) is 41.6 Å². The van der Waals surface area contributed by atoms with Crippen molar-refractivity contribution in [3.63, 3.8) is 0 Å². The van der Waals surface area contributed by atoms with Crippen molar-refractivity contribution < 1.29 is 28.5 Å². The zero-order valence-electron chi connectivity index (χ0n) is 29.1. The first-order chi connectivity index (χ1) is 23.3. The molecule has 0 saturated carbocycles. The van der Waals surface area contributed by atoms with Gasteiger partial charge in [0.05, 0.1) is 53.0 Å². The molecule has 0 radical (unpaired) electrons. The molecule has 3 aromatic rings. The van der Waals surface area contributed by atoms with Gasteiger partial charge in [0.15, 0.2) is 23.0 Å². The second-order valence-electron chi connectivity index (χ2n) is 13.1. The summed E-state index contributed by atoms with van der Waals surface area (Å²) >= 11 is 0. The molecule has 0 aliphatic carbocycles. The molecule has 0 amide bonds. The summed E-state index contributed by atoms with van der Waals surface area (Å²) in [6.45, 7) is 7.27. The summed E-state index contributed by atoms with van der Waals surface area (Å²) in [4.78, 5) is 18.2. The van der Waals surface area contributed by atoms with Gasteiger partial charge in [-0.3, -0.25) is 14.6 Å². The molecule has 1 saturated heterocycles. The number of hydrogen-bond donors (Lipinski definition) is 0. The summed E-state index contributed by atoms with van der Waals surface area (Å²) in [7, 11) is 6.58. The van der Waals surface area contributed by atoms with Gasteiger partial charge in [-0.2, -0.15) is 5.26 Å². The van der Waals surface area contributed by atoms with Crippen molar-refractivity contribution in [2.45, 2.75) is 82.6 Å². The highest BCUT2D eigenvalue weighted by Gasteiger charge is 2.55. The first kappa shape index (κ1) is 33.6. The van der Waals surface area contributed by atoms with Crippen LogP contribution in [0.1, 0.15) is 78.6 Å². The van der Waals surface area contributed by atoms with Crippen molar-refractivity contribution in [2.24, 2.45) is 0 Å². The number of carbonyl (C=O) groups is 1. The minimum atomic E-state index is -0.437. The number of carbonyl (C=O) groups excluding carboxylic acids is 1. The Hall–Kier alpha value is -4.26. The minimum Gasteiger partial charge on any atom is -0.493 e. The fourth-order valence-electron chi connectivity index (χ4n) is 8.30. The number of rotatable bonds is 11. The van der Waals surface area contributed by atoms with Gasteiger partial charge in [0, 0.05) is 12.1 Å². The van der Waals surface area contributed by atoms with E-state index in [0.717, 1.165) is 29.7 Å². The molecule has 0 aromatic heterocycles. The van der Waals surface area contributed by atoms with Gasteiger partial charge in [-0.15, -0.1) is 0 Å². The average Bonchev–Trinajstić information content (AvgIpc) is 3.12. The maximum absolute atomic E-state index is 13.4. The molecule has 9 heteroatoms. The van der Waals surface area contributed by atoms with Crippen LogP contribution in [0.5, 0.6) is 23.0 Å². The number of aryl methyl sites for hydroxylation is 1. The molecule has 6 rings (SSSR count). The summed E-state index contributed by atoms with van der Waals surface area (Å²) in [5.74, 6) is 2.40. The second kappa shape index (κ2) is 14.1. The molecule has 2 bridgehead atoms. The van der Waals surface area contributed by atoms with Crippen LogP contribution in [0.25, 0.3) is 0 Å². The largest absolute Gasteiger partial charge is 0.493 e. The highest BCUT2D eigenvalue weighted by molar-refractivity contribution is 5.70. The maximum atomic E-state index is 13.4. The fourth-order valence-corrected chi connectivity index (χ4v) is 8.30. The minimum absolute atomic E-state index is 0.0151. The number of likely N-dealkylation sites (N-methyl/N-ethyl adjacent to an activating group) is 1. The summed E-state index contributed by atoms with van der Waals surface area (Å²) in [6.07, 6.45) is 2.63. The molecular formula is C39H47N3O6. The van der Waals surface area contributed by atoms with Gasteiger partial charge in [0.1, 0.15) is 12.6 Å². The van der Waals surface area contributed by atoms with E-state index in [0.29, 0.717) is 35.8 Å². The molecule has 0 N–H and O–H groups in total. The third-order valence-corrected chi connectivity index (χ3v) is 10.7. The van der Waals surface area contributed by atoms with Crippen molar-refractivity contribution in [1.82, 2.24) is 9.80 Å². The Balaban J connectivity index is 1.39. The Morgan fingerprint density at radius 1 is 0.854 bits per heavy atom. The zero-order valence-corrected chi connectivity index (χ0v) is 29.1. The SMILES string of the molecule is CCc1ccc(C(C)CC(=O)OC[C@H]2c3cc(OC)c(OC)cc3C[C@H]3[C@H]4c5cc(OC)c(OC)cc5C[C@@H]([C@H](C#N)N23)N4CC)cc1. The molecule has 9 nitrogen and oxygen atoms in total. The number of ether oxygens (including phenoxy) is 5. The lowest BCUT2D eigenvalue weighted by Gasteiger charge is -2.60.